The van der Waals surface area contributed by atoms with Crippen LogP contribution in [0.15, 0.2) is 48.8 Å². The van der Waals surface area contributed by atoms with Crippen LogP contribution >= 0.6 is 0 Å². The van der Waals surface area contributed by atoms with Gasteiger partial charge in [-0.25, -0.2) is 0 Å². The minimum Gasteiger partial charge on any atom is -0.345 e. The molecule has 0 aliphatic carbocycles. The van der Waals surface area contributed by atoms with Crippen molar-refractivity contribution in [2.24, 2.45) is 5.92 Å². The molecule has 0 saturated carbocycles. The standard InChI is InChI=1S/C19H23N3O2/c1-13(2)17(14-8-10-20-11-9-14)18(23)21-16-7-5-6-15(12-16)19(24)22(3)4/h5-13,17H,1-4H3,(H,21,23)/t17-/m1/s1. The molecule has 5 nitrogen and oxygen atoms in total. The number of benzene rings is 1. The molecule has 5 heteroatoms. The number of carbonyl (C=O) groups excluding carboxylic acids is 2. The summed E-state index contributed by atoms with van der Waals surface area (Å²) >= 11 is 0. The molecule has 1 heterocycles. The maximum atomic E-state index is 12.7. The van der Waals surface area contributed by atoms with E-state index in [9.17, 15) is 9.59 Å². The first-order valence-corrected chi connectivity index (χ1v) is 7.92. The van der Waals surface area contributed by atoms with Gasteiger partial charge in [0.1, 0.15) is 0 Å². The molecule has 0 fully saturated rings. The maximum Gasteiger partial charge on any atom is 0.253 e. The van der Waals surface area contributed by atoms with Gasteiger partial charge in [-0.05, 0) is 41.8 Å². The van der Waals surface area contributed by atoms with Crippen molar-refractivity contribution in [2.45, 2.75) is 19.8 Å². The van der Waals surface area contributed by atoms with Crippen LogP contribution in [0.4, 0.5) is 5.69 Å². The van der Waals surface area contributed by atoms with Gasteiger partial charge < -0.3 is 10.2 Å². The number of aromatic nitrogens is 1. The zero-order chi connectivity index (χ0) is 17.7. The molecule has 2 aromatic rings. The molecule has 0 unspecified atom stereocenters. The highest BCUT2D eigenvalue weighted by atomic mass is 16.2. The van der Waals surface area contributed by atoms with Gasteiger partial charge in [0, 0.05) is 37.7 Å². The smallest absolute Gasteiger partial charge is 0.253 e. The minimum absolute atomic E-state index is 0.0920. The summed E-state index contributed by atoms with van der Waals surface area (Å²) in [6.07, 6.45) is 3.38. The predicted octanol–water partition coefficient (Wildman–Crippen LogP) is 3.16. The van der Waals surface area contributed by atoms with E-state index in [0.717, 1.165) is 5.56 Å². The predicted molar refractivity (Wildman–Crippen MR) is 94.9 cm³/mol. The number of amides is 2. The summed E-state index contributed by atoms with van der Waals surface area (Å²) in [5.74, 6) is -0.327. The number of anilines is 1. The van der Waals surface area contributed by atoms with Crippen molar-refractivity contribution in [1.29, 1.82) is 0 Å². The van der Waals surface area contributed by atoms with E-state index in [-0.39, 0.29) is 23.7 Å². The Bertz CT molecular complexity index is 712. The van der Waals surface area contributed by atoms with Gasteiger partial charge in [-0.3, -0.25) is 14.6 Å². The molecule has 0 radical (unpaired) electrons. The number of hydrogen-bond donors (Lipinski definition) is 1. The van der Waals surface area contributed by atoms with E-state index in [1.165, 1.54) is 4.90 Å². The van der Waals surface area contributed by atoms with Gasteiger partial charge in [0.2, 0.25) is 5.91 Å². The lowest BCUT2D eigenvalue weighted by Crippen LogP contribution is -2.25. The second-order valence-corrected chi connectivity index (χ2v) is 6.27. The van der Waals surface area contributed by atoms with Gasteiger partial charge in [-0.1, -0.05) is 19.9 Å². The molecule has 1 aromatic carbocycles. The highest BCUT2D eigenvalue weighted by molar-refractivity contribution is 5.99. The molecule has 0 spiro atoms. The maximum absolute atomic E-state index is 12.7. The number of carbonyl (C=O) groups is 2. The Balaban J connectivity index is 2.22. The van der Waals surface area contributed by atoms with Gasteiger partial charge >= 0.3 is 0 Å². The van der Waals surface area contributed by atoms with Crippen molar-refractivity contribution >= 4 is 17.5 Å². The third-order valence-corrected chi connectivity index (χ3v) is 3.80. The summed E-state index contributed by atoms with van der Waals surface area (Å²) in [7, 11) is 3.40. The lowest BCUT2D eigenvalue weighted by molar-refractivity contribution is -0.118. The van der Waals surface area contributed by atoms with Crippen molar-refractivity contribution in [2.75, 3.05) is 19.4 Å². The fourth-order valence-corrected chi connectivity index (χ4v) is 2.62. The summed E-state index contributed by atoms with van der Waals surface area (Å²) in [5.41, 5.74) is 2.09. The van der Waals surface area contributed by atoms with E-state index >= 15 is 0 Å². The summed E-state index contributed by atoms with van der Waals surface area (Å²) in [5, 5.41) is 2.93. The van der Waals surface area contributed by atoms with Crippen molar-refractivity contribution in [3.05, 3.63) is 59.9 Å². The average molecular weight is 325 g/mol. The van der Waals surface area contributed by atoms with Crippen molar-refractivity contribution < 1.29 is 9.59 Å². The fourth-order valence-electron chi connectivity index (χ4n) is 2.62. The highest BCUT2D eigenvalue weighted by Gasteiger charge is 2.24. The molecule has 0 aliphatic rings. The summed E-state index contributed by atoms with van der Waals surface area (Å²) in [6, 6.07) is 10.7. The fraction of sp³-hybridized carbons (Fsp3) is 0.316. The Labute approximate surface area is 142 Å². The van der Waals surface area contributed by atoms with Crippen molar-refractivity contribution in [3.8, 4) is 0 Å². The van der Waals surface area contributed by atoms with Gasteiger partial charge in [0.25, 0.3) is 5.91 Å². The Morgan fingerprint density at radius 2 is 1.75 bits per heavy atom. The zero-order valence-electron chi connectivity index (χ0n) is 14.5. The summed E-state index contributed by atoms with van der Waals surface area (Å²) in [6.45, 7) is 4.02. The first-order valence-electron chi connectivity index (χ1n) is 7.92. The second-order valence-electron chi connectivity index (χ2n) is 6.27. The van der Waals surface area contributed by atoms with Crippen LogP contribution in [0.25, 0.3) is 0 Å². The Morgan fingerprint density at radius 1 is 1.08 bits per heavy atom. The summed E-state index contributed by atoms with van der Waals surface area (Å²) < 4.78 is 0. The van der Waals surface area contributed by atoms with Crippen LogP contribution in [0.3, 0.4) is 0 Å². The lowest BCUT2D eigenvalue weighted by Gasteiger charge is -2.21. The molecule has 1 N–H and O–H groups in total. The molecule has 0 bridgehead atoms. The van der Waals surface area contributed by atoms with Crippen molar-refractivity contribution in [3.63, 3.8) is 0 Å². The van der Waals surface area contributed by atoms with Crippen LogP contribution in [-0.4, -0.2) is 35.8 Å². The first-order chi connectivity index (χ1) is 11.4. The average Bonchev–Trinajstić information content (AvgIpc) is 2.55. The molecular weight excluding hydrogens is 302 g/mol. The highest BCUT2D eigenvalue weighted by Crippen LogP contribution is 2.26. The van der Waals surface area contributed by atoms with E-state index in [1.54, 1.807) is 50.8 Å². The molecule has 2 amide bonds. The lowest BCUT2D eigenvalue weighted by atomic mass is 9.88. The van der Waals surface area contributed by atoms with Crippen LogP contribution in [-0.2, 0) is 4.79 Å². The number of nitrogens with one attached hydrogen (secondary N) is 1. The Morgan fingerprint density at radius 3 is 2.33 bits per heavy atom. The van der Waals surface area contributed by atoms with Crippen molar-refractivity contribution in [1.82, 2.24) is 9.88 Å². The normalized spacial score (nSPS) is 11.9. The van der Waals surface area contributed by atoms with Gasteiger partial charge in [0.05, 0.1) is 5.92 Å². The number of hydrogen-bond acceptors (Lipinski definition) is 3. The Hall–Kier alpha value is -2.69. The van der Waals surface area contributed by atoms with Crippen LogP contribution in [0.2, 0.25) is 0 Å². The SMILES string of the molecule is CC(C)[C@@H](C(=O)Nc1cccc(C(=O)N(C)C)c1)c1ccncc1. The molecule has 1 aromatic heterocycles. The van der Waals surface area contributed by atoms with E-state index < -0.39 is 0 Å². The quantitative estimate of drug-likeness (QED) is 0.918. The van der Waals surface area contributed by atoms with Gasteiger partial charge in [0.15, 0.2) is 0 Å². The number of nitrogens with zero attached hydrogens (tertiary/aromatic N) is 2. The van der Waals surface area contributed by atoms with E-state index in [4.69, 9.17) is 0 Å². The Kier molecular flexibility index (Phi) is 5.68. The first kappa shape index (κ1) is 17.7. The molecule has 2 rings (SSSR count). The third-order valence-electron chi connectivity index (χ3n) is 3.80. The molecular formula is C19H23N3O2. The molecule has 1 atom stereocenters. The molecule has 0 aliphatic heterocycles. The number of pyridine rings is 1. The van der Waals surface area contributed by atoms with Gasteiger partial charge in [-0.15, -0.1) is 0 Å². The second kappa shape index (κ2) is 7.73. The van der Waals surface area contributed by atoms with Crippen LogP contribution in [0.1, 0.15) is 35.7 Å². The molecule has 24 heavy (non-hydrogen) atoms. The van der Waals surface area contributed by atoms with Crippen LogP contribution < -0.4 is 5.32 Å². The van der Waals surface area contributed by atoms with E-state index in [0.29, 0.717) is 11.3 Å². The van der Waals surface area contributed by atoms with E-state index in [2.05, 4.69) is 10.3 Å². The van der Waals surface area contributed by atoms with Crippen LogP contribution in [0.5, 0.6) is 0 Å². The van der Waals surface area contributed by atoms with Gasteiger partial charge in [-0.2, -0.15) is 0 Å². The topological polar surface area (TPSA) is 62.3 Å². The van der Waals surface area contributed by atoms with Crippen LogP contribution in [0, 0.1) is 5.92 Å². The molecule has 126 valence electrons. The van der Waals surface area contributed by atoms with E-state index in [1.807, 2.05) is 26.0 Å². The minimum atomic E-state index is -0.277. The number of rotatable bonds is 5. The third kappa shape index (κ3) is 4.19. The summed E-state index contributed by atoms with van der Waals surface area (Å²) in [4.78, 5) is 30.3. The molecule has 0 saturated heterocycles. The largest absolute Gasteiger partial charge is 0.345 e. The monoisotopic (exact) mass is 325 g/mol. The zero-order valence-corrected chi connectivity index (χ0v) is 14.5.